The topological polar surface area (TPSA) is 97.0 Å². The minimum atomic E-state index is -0.839. The zero-order valence-electron chi connectivity index (χ0n) is 19.2. The second kappa shape index (κ2) is 12.4. The Morgan fingerprint density at radius 1 is 1.22 bits per heavy atom. The zero-order chi connectivity index (χ0) is 23.7. The van der Waals surface area contributed by atoms with E-state index in [9.17, 15) is 14.4 Å². The Labute approximate surface area is 195 Å². The average molecular weight is 464 g/mol. The van der Waals surface area contributed by atoms with Crippen molar-refractivity contribution in [3.63, 3.8) is 0 Å². The number of hydrogen-bond acceptors (Lipinski definition) is 6. The molecule has 0 aromatic heterocycles. The van der Waals surface area contributed by atoms with Gasteiger partial charge >= 0.3 is 5.97 Å². The van der Waals surface area contributed by atoms with Gasteiger partial charge < -0.3 is 19.7 Å². The summed E-state index contributed by atoms with van der Waals surface area (Å²) in [6.07, 6.45) is 0.718. The molecule has 8 nitrogen and oxygen atoms in total. The molecule has 1 unspecified atom stereocenters. The molecule has 1 fully saturated rings. The number of carbonyl (C=O) groups excluding carboxylic acids is 3. The Bertz CT molecular complexity index is 828. The molecular formula is C23H33N3O5S. The largest absolute Gasteiger partial charge is 0.493 e. The second-order valence-corrected chi connectivity index (χ2v) is 8.95. The lowest BCUT2D eigenvalue weighted by Crippen LogP contribution is -2.60. The van der Waals surface area contributed by atoms with E-state index in [1.165, 1.54) is 0 Å². The molecule has 0 saturated carbocycles. The lowest BCUT2D eigenvalue weighted by Gasteiger charge is -2.36. The normalized spacial score (nSPS) is 16.0. The standard InChI is InChI=1S/C23H33N3O5S/c1-15(2)9-12-30-19-8-6-5-7-17(19)21(28)25-23(32)26-11-10-24-22(29)18(26)13-20(27)31-14-16(3)4/h5-8,15-16,18H,9-14H2,1-4H3,(H,24,29)(H,25,28,32). The number of ether oxygens (including phenoxy) is 2. The number of hydrogen-bond donors (Lipinski definition) is 2. The van der Waals surface area contributed by atoms with Crippen LogP contribution in [0.15, 0.2) is 24.3 Å². The Morgan fingerprint density at radius 3 is 2.62 bits per heavy atom. The maximum Gasteiger partial charge on any atom is 0.308 e. The number of nitrogens with one attached hydrogen (secondary N) is 2. The Balaban J connectivity index is 2.05. The summed E-state index contributed by atoms with van der Waals surface area (Å²) in [7, 11) is 0. The number of carbonyl (C=O) groups is 3. The molecule has 0 aliphatic carbocycles. The number of piperazine rings is 1. The molecule has 1 aliphatic rings. The lowest BCUT2D eigenvalue weighted by atomic mass is 10.1. The fourth-order valence-corrected chi connectivity index (χ4v) is 3.37. The second-order valence-electron chi connectivity index (χ2n) is 8.57. The predicted molar refractivity (Wildman–Crippen MR) is 125 cm³/mol. The van der Waals surface area contributed by atoms with Crippen LogP contribution >= 0.6 is 12.2 Å². The van der Waals surface area contributed by atoms with Crippen molar-refractivity contribution >= 4 is 35.1 Å². The van der Waals surface area contributed by atoms with E-state index in [4.69, 9.17) is 21.7 Å². The van der Waals surface area contributed by atoms with Crippen LogP contribution in [0.3, 0.4) is 0 Å². The van der Waals surface area contributed by atoms with E-state index in [1.807, 2.05) is 13.8 Å². The van der Waals surface area contributed by atoms with E-state index in [0.29, 0.717) is 36.9 Å². The molecule has 0 radical (unpaired) electrons. The summed E-state index contributed by atoms with van der Waals surface area (Å²) in [6.45, 7) is 9.58. The van der Waals surface area contributed by atoms with Crippen molar-refractivity contribution in [2.24, 2.45) is 11.8 Å². The van der Waals surface area contributed by atoms with Crippen molar-refractivity contribution in [3.8, 4) is 5.75 Å². The molecule has 9 heteroatoms. The Hall–Kier alpha value is -2.68. The maximum absolute atomic E-state index is 12.9. The third kappa shape index (κ3) is 7.78. The number of rotatable bonds is 9. The molecule has 1 heterocycles. The first kappa shape index (κ1) is 25.6. The number of amides is 2. The van der Waals surface area contributed by atoms with Gasteiger partial charge in [-0.1, -0.05) is 39.8 Å². The molecule has 2 amide bonds. The van der Waals surface area contributed by atoms with Crippen LogP contribution in [0.1, 0.15) is 50.9 Å². The van der Waals surface area contributed by atoms with Gasteiger partial charge in [0.15, 0.2) is 5.11 Å². The summed E-state index contributed by atoms with van der Waals surface area (Å²) in [5.41, 5.74) is 0.355. The van der Waals surface area contributed by atoms with Crippen molar-refractivity contribution in [2.45, 2.75) is 46.6 Å². The molecule has 1 atom stereocenters. The zero-order valence-corrected chi connectivity index (χ0v) is 20.0. The van der Waals surface area contributed by atoms with Gasteiger partial charge in [-0.05, 0) is 42.6 Å². The number of para-hydroxylation sites is 1. The van der Waals surface area contributed by atoms with Crippen molar-refractivity contribution in [1.29, 1.82) is 0 Å². The fourth-order valence-electron chi connectivity index (χ4n) is 3.06. The number of thiocarbonyl (C=S) groups is 1. The van der Waals surface area contributed by atoms with Gasteiger partial charge in [-0.3, -0.25) is 19.7 Å². The van der Waals surface area contributed by atoms with Gasteiger partial charge in [-0.2, -0.15) is 0 Å². The van der Waals surface area contributed by atoms with Gasteiger partial charge in [-0.15, -0.1) is 0 Å². The van der Waals surface area contributed by atoms with Gasteiger partial charge in [0, 0.05) is 13.1 Å². The summed E-state index contributed by atoms with van der Waals surface area (Å²) < 4.78 is 11.0. The van der Waals surface area contributed by atoms with Crippen LogP contribution in [-0.4, -0.2) is 60.1 Å². The highest BCUT2D eigenvalue weighted by Gasteiger charge is 2.34. The Morgan fingerprint density at radius 2 is 1.94 bits per heavy atom. The van der Waals surface area contributed by atoms with Gasteiger partial charge in [0.1, 0.15) is 11.8 Å². The first-order chi connectivity index (χ1) is 15.2. The third-order valence-corrected chi connectivity index (χ3v) is 5.17. The molecule has 176 valence electrons. The SMILES string of the molecule is CC(C)CCOc1ccccc1C(=O)NC(=S)N1CCNC(=O)C1CC(=O)OCC(C)C. The van der Waals surface area contributed by atoms with Crippen LogP contribution in [0, 0.1) is 11.8 Å². The van der Waals surface area contributed by atoms with Crippen LogP contribution in [0.2, 0.25) is 0 Å². The summed E-state index contributed by atoms with van der Waals surface area (Å²) in [5, 5.41) is 5.51. The maximum atomic E-state index is 12.9. The molecule has 32 heavy (non-hydrogen) atoms. The summed E-state index contributed by atoms with van der Waals surface area (Å²) in [6, 6.07) is 6.10. The fraction of sp³-hybridized carbons (Fsp3) is 0.565. The smallest absolute Gasteiger partial charge is 0.308 e. The van der Waals surface area contributed by atoms with E-state index < -0.39 is 17.9 Å². The summed E-state index contributed by atoms with van der Waals surface area (Å²) >= 11 is 5.43. The predicted octanol–water partition coefficient (Wildman–Crippen LogP) is 2.52. The molecule has 1 aromatic carbocycles. The van der Waals surface area contributed by atoms with E-state index in [1.54, 1.807) is 29.2 Å². The van der Waals surface area contributed by atoms with E-state index in [-0.39, 0.29) is 30.0 Å². The number of nitrogens with zero attached hydrogens (tertiary/aromatic N) is 1. The van der Waals surface area contributed by atoms with Crippen molar-refractivity contribution in [2.75, 3.05) is 26.3 Å². The number of esters is 1. The molecule has 1 aliphatic heterocycles. The van der Waals surface area contributed by atoms with Gasteiger partial charge in [0.2, 0.25) is 5.91 Å². The van der Waals surface area contributed by atoms with Crippen molar-refractivity contribution in [1.82, 2.24) is 15.5 Å². The molecule has 0 spiro atoms. The molecule has 1 saturated heterocycles. The highest BCUT2D eigenvalue weighted by atomic mass is 32.1. The summed E-state index contributed by atoms with van der Waals surface area (Å²) in [4.78, 5) is 39.1. The minimum Gasteiger partial charge on any atom is -0.493 e. The van der Waals surface area contributed by atoms with Crippen LogP contribution in [-0.2, 0) is 14.3 Å². The van der Waals surface area contributed by atoms with Crippen molar-refractivity contribution < 1.29 is 23.9 Å². The molecule has 1 aromatic rings. The summed E-state index contributed by atoms with van der Waals surface area (Å²) in [5.74, 6) is -0.0900. The Kier molecular flexibility index (Phi) is 9.90. The first-order valence-corrected chi connectivity index (χ1v) is 11.4. The monoisotopic (exact) mass is 463 g/mol. The molecular weight excluding hydrogens is 430 g/mol. The van der Waals surface area contributed by atoms with Crippen LogP contribution in [0.25, 0.3) is 0 Å². The van der Waals surface area contributed by atoms with Gasteiger partial charge in [0.25, 0.3) is 5.91 Å². The van der Waals surface area contributed by atoms with E-state index >= 15 is 0 Å². The van der Waals surface area contributed by atoms with Crippen LogP contribution in [0.4, 0.5) is 0 Å². The first-order valence-electron chi connectivity index (χ1n) is 11.0. The van der Waals surface area contributed by atoms with Crippen LogP contribution in [0.5, 0.6) is 5.75 Å². The quantitative estimate of drug-likeness (QED) is 0.429. The molecule has 0 bridgehead atoms. The highest BCUT2D eigenvalue weighted by Crippen LogP contribution is 2.19. The number of benzene rings is 1. The minimum absolute atomic E-state index is 0.0866. The lowest BCUT2D eigenvalue weighted by molar-refractivity contribution is -0.148. The third-order valence-electron chi connectivity index (χ3n) is 4.83. The molecule has 2 rings (SSSR count). The van der Waals surface area contributed by atoms with Crippen LogP contribution < -0.4 is 15.4 Å². The van der Waals surface area contributed by atoms with E-state index in [2.05, 4.69) is 24.5 Å². The molecule has 2 N–H and O–H groups in total. The van der Waals surface area contributed by atoms with E-state index in [0.717, 1.165) is 6.42 Å². The van der Waals surface area contributed by atoms with Crippen molar-refractivity contribution in [3.05, 3.63) is 29.8 Å². The van der Waals surface area contributed by atoms with Gasteiger partial charge in [-0.25, -0.2) is 0 Å². The van der Waals surface area contributed by atoms with Gasteiger partial charge in [0.05, 0.1) is 25.2 Å². The highest BCUT2D eigenvalue weighted by molar-refractivity contribution is 7.80. The average Bonchev–Trinajstić information content (AvgIpc) is 2.73.